The minimum atomic E-state index is -0.110. The first-order valence-corrected chi connectivity index (χ1v) is 7.35. The molecule has 1 amide bonds. The summed E-state index contributed by atoms with van der Waals surface area (Å²) in [5.74, 6) is -0.110. The summed E-state index contributed by atoms with van der Waals surface area (Å²) in [7, 11) is 1.84. The van der Waals surface area contributed by atoms with Crippen molar-refractivity contribution in [1.29, 1.82) is 5.26 Å². The summed E-state index contributed by atoms with van der Waals surface area (Å²) in [5.41, 5.74) is 0.287. The molecule has 1 heterocycles. The van der Waals surface area contributed by atoms with Gasteiger partial charge in [0.25, 0.3) is 5.91 Å². The Labute approximate surface area is 115 Å². The average Bonchev–Trinajstić information content (AvgIpc) is 2.97. The van der Waals surface area contributed by atoms with E-state index in [9.17, 15) is 10.1 Å². The molecule has 2 rings (SSSR count). The van der Waals surface area contributed by atoms with E-state index in [0.717, 1.165) is 38.8 Å². The number of hydrogen-bond donors (Lipinski definition) is 0. The largest absolute Gasteiger partial charge is 0.376 e. The smallest absolute Gasteiger partial charge is 0.265 e. The number of nitrogens with zero attached hydrogens (tertiary/aromatic N) is 3. The van der Waals surface area contributed by atoms with Crippen LogP contribution in [0.4, 0.5) is 0 Å². The Morgan fingerprint density at radius 3 is 2.42 bits per heavy atom. The predicted octanol–water partition coefficient (Wildman–Crippen LogP) is 2.28. The quantitative estimate of drug-likeness (QED) is 0.578. The monoisotopic (exact) mass is 261 g/mol. The summed E-state index contributed by atoms with van der Waals surface area (Å²) < 4.78 is 0. The lowest BCUT2D eigenvalue weighted by atomic mass is 9.94. The summed E-state index contributed by atoms with van der Waals surface area (Å²) in [6.07, 6.45) is 9.88. The molecule has 0 N–H and O–H groups in total. The lowest BCUT2D eigenvalue weighted by Crippen LogP contribution is -2.39. The average molecular weight is 261 g/mol. The maximum absolute atomic E-state index is 12.4. The molecule has 104 valence electrons. The van der Waals surface area contributed by atoms with E-state index < -0.39 is 0 Å². The Hall–Kier alpha value is -1.50. The first-order chi connectivity index (χ1) is 9.22. The number of carbonyl (C=O) groups excluding carboxylic acids is 1. The SMILES string of the molecule is CN(C(=O)/C(C#N)=C\N1CCCC1)C1CCCCC1. The van der Waals surface area contributed by atoms with E-state index in [0.29, 0.717) is 6.04 Å². The molecule has 2 aliphatic rings. The maximum Gasteiger partial charge on any atom is 0.265 e. The zero-order chi connectivity index (χ0) is 13.7. The van der Waals surface area contributed by atoms with Gasteiger partial charge in [0.15, 0.2) is 0 Å². The van der Waals surface area contributed by atoms with Crippen LogP contribution in [-0.4, -0.2) is 41.9 Å². The number of nitriles is 1. The third-order valence-corrected chi connectivity index (χ3v) is 4.25. The van der Waals surface area contributed by atoms with E-state index >= 15 is 0 Å². The third kappa shape index (κ3) is 3.50. The van der Waals surface area contributed by atoms with Gasteiger partial charge in [0, 0.05) is 32.4 Å². The molecular weight excluding hydrogens is 238 g/mol. The number of amides is 1. The molecule has 4 heteroatoms. The highest BCUT2D eigenvalue weighted by Gasteiger charge is 2.25. The minimum Gasteiger partial charge on any atom is -0.376 e. The molecule has 0 aromatic rings. The Kier molecular flexibility index (Phi) is 4.84. The van der Waals surface area contributed by atoms with Gasteiger partial charge in [-0.1, -0.05) is 19.3 Å². The Morgan fingerprint density at radius 2 is 1.84 bits per heavy atom. The highest BCUT2D eigenvalue weighted by molar-refractivity contribution is 5.97. The van der Waals surface area contributed by atoms with Gasteiger partial charge < -0.3 is 9.80 Å². The van der Waals surface area contributed by atoms with Crippen molar-refractivity contribution < 1.29 is 4.79 Å². The molecule has 4 nitrogen and oxygen atoms in total. The zero-order valence-corrected chi connectivity index (χ0v) is 11.8. The molecule has 1 aliphatic carbocycles. The number of hydrogen-bond acceptors (Lipinski definition) is 3. The van der Waals surface area contributed by atoms with Gasteiger partial charge in [0.1, 0.15) is 11.6 Å². The summed E-state index contributed by atoms with van der Waals surface area (Å²) in [4.78, 5) is 16.2. The second-order valence-electron chi connectivity index (χ2n) is 5.61. The molecule has 0 radical (unpaired) electrons. The molecule has 0 atom stereocenters. The van der Waals surface area contributed by atoms with Gasteiger partial charge in [-0.3, -0.25) is 4.79 Å². The number of likely N-dealkylation sites (tertiary alicyclic amines) is 1. The fourth-order valence-corrected chi connectivity index (χ4v) is 3.01. The van der Waals surface area contributed by atoms with Crippen molar-refractivity contribution >= 4 is 5.91 Å². The molecule has 1 saturated heterocycles. The second kappa shape index (κ2) is 6.60. The van der Waals surface area contributed by atoms with E-state index in [1.165, 1.54) is 19.3 Å². The molecule has 0 aromatic heterocycles. The fourth-order valence-electron chi connectivity index (χ4n) is 3.01. The van der Waals surface area contributed by atoms with Gasteiger partial charge in [0.05, 0.1) is 0 Å². The van der Waals surface area contributed by atoms with Crippen LogP contribution in [0, 0.1) is 11.3 Å². The van der Waals surface area contributed by atoms with Crippen molar-refractivity contribution in [3.63, 3.8) is 0 Å². The second-order valence-corrected chi connectivity index (χ2v) is 5.61. The van der Waals surface area contributed by atoms with Crippen molar-refractivity contribution in [2.45, 2.75) is 51.0 Å². The number of carbonyl (C=O) groups is 1. The molecule has 0 bridgehead atoms. The van der Waals surface area contributed by atoms with Crippen LogP contribution in [0.15, 0.2) is 11.8 Å². The Balaban J connectivity index is 2.00. The van der Waals surface area contributed by atoms with Crippen molar-refractivity contribution in [3.8, 4) is 6.07 Å². The molecule has 19 heavy (non-hydrogen) atoms. The zero-order valence-electron chi connectivity index (χ0n) is 11.8. The highest BCUT2D eigenvalue weighted by Crippen LogP contribution is 2.22. The molecule has 1 aliphatic heterocycles. The van der Waals surface area contributed by atoms with Gasteiger partial charge >= 0.3 is 0 Å². The number of likely N-dealkylation sites (N-methyl/N-ethyl adjacent to an activating group) is 1. The standard InChI is InChI=1S/C15H23N3O/c1-17(14-7-3-2-4-8-14)15(19)13(11-16)12-18-9-5-6-10-18/h12,14H,2-10H2,1H3/b13-12-. The lowest BCUT2D eigenvalue weighted by molar-refractivity contribution is -0.128. The van der Waals surface area contributed by atoms with Crippen molar-refractivity contribution in [2.24, 2.45) is 0 Å². The maximum atomic E-state index is 12.4. The highest BCUT2D eigenvalue weighted by atomic mass is 16.2. The van der Waals surface area contributed by atoms with E-state index in [1.807, 2.05) is 7.05 Å². The van der Waals surface area contributed by atoms with Gasteiger partial charge in [-0.2, -0.15) is 5.26 Å². The fraction of sp³-hybridized carbons (Fsp3) is 0.733. The lowest BCUT2D eigenvalue weighted by Gasteiger charge is -2.31. The predicted molar refractivity (Wildman–Crippen MR) is 74.1 cm³/mol. The van der Waals surface area contributed by atoms with Crippen LogP contribution in [0.2, 0.25) is 0 Å². The van der Waals surface area contributed by atoms with Crippen LogP contribution < -0.4 is 0 Å². The van der Waals surface area contributed by atoms with Crippen molar-refractivity contribution in [2.75, 3.05) is 20.1 Å². The first kappa shape index (κ1) is 13.9. The van der Waals surface area contributed by atoms with E-state index in [-0.39, 0.29) is 11.5 Å². The van der Waals surface area contributed by atoms with Gasteiger partial charge in [-0.05, 0) is 25.7 Å². The summed E-state index contributed by atoms with van der Waals surface area (Å²) in [5, 5.41) is 9.21. The first-order valence-electron chi connectivity index (χ1n) is 7.35. The van der Waals surface area contributed by atoms with Gasteiger partial charge in [0.2, 0.25) is 0 Å². The summed E-state index contributed by atoms with van der Waals surface area (Å²) >= 11 is 0. The van der Waals surface area contributed by atoms with E-state index in [1.54, 1.807) is 11.1 Å². The Bertz CT molecular complexity index is 385. The van der Waals surface area contributed by atoms with Crippen LogP contribution in [0.1, 0.15) is 44.9 Å². The molecular formula is C15H23N3O. The third-order valence-electron chi connectivity index (χ3n) is 4.25. The normalized spacial score (nSPS) is 21.3. The van der Waals surface area contributed by atoms with Crippen molar-refractivity contribution in [1.82, 2.24) is 9.80 Å². The van der Waals surface area contributed by atoms with Crippen molar-refractivity contribution in [3.05, 3.63) is 11.8 Å². The van der Waals surface area contributed by atoms with Gasteiger partial charge in [-0.15, -0.1) is 0 Å². The molecule has 0 aromatic carbocycles. The van der Waals surface area contributed by atoms with Crippen LogP contribution in [0.3, 0.4) is 0 Å². The number of rotatable bonds is 3. The van der Waals surface area contributed by atoms with Crippen LogP contribution in [-0.2, 0) is 4.79 Å². The summed E-state index contributed by atoms with van der Waals surface area (Å²) in [6, 6.07) is 2.39. The van der Waals surface area contributed by atoms with E-state index in [2.05, 4.69) is 11.0 Å². The van der Waals surface area contributed by atoms with Crippen LogP contribution >= 0.6 is 0 Å². The van der Waals surface area contributed by atoms with Crippen LogP contribution in [0.25, 0.3) is 0 Å². The molecule has 2 fully saturated rings. The van der Waals surface area contributed by atoms with E-state index in [4.69, 9.17) is 0 Å². The molecule has 0 spiro atoms. The minimum absolute atomic E-state index is 0.110. The molecule has 0 unspecified atom stereocenters. The van der Waals surface area contributed by atoms with Gasteiger partial charge in [-0.25, -0.2) is 0 Å². The Morgan fingerprint density at radius 1 is 1.21 bits per heavy atom. The topological polar surface area (TPSA) is 47.3 Å². The van der Waals surface area contributed by atoms with Crippen LogP contribution in [0.5, 0.6) is 0 Å². The summed E-state index contributed by atoms with van der Waals surface area (Å²) in [6.45, 7) is 1.93. The molecule has 1 saturated carbocycles.